The average Bonchev–Trinajstić information content (AvgIpc) is 2.15. The number of nitro benzene ring substituents is 1. The summed E-state index contributed by atoms with van der Waals surface area (Å²) in [5.74, 6) is 0.560. The van der Waals surface area contributed by atoms with Gasteiger partial charge in [0.25, 0.3) is 5.69 Å². The number of aryl methyl sites for hydroxylation is 1. The lowest BCUT2D eigenvalue weighted by atomic mass is 10.2. The van der Waals surface area contributed by atoms with E-state index in [0.717, 1.165) is 0 Å². The molecule has 1 aromatic rings. The summed E-state index contributed by atoms with van der Waals surface area (Å²) in [6.45, 7) is 1.84. The van der Waals surface area contributed by atoms with E-state index in [-0.39, 0.29) is 18.9 Å². The van der Waals surface area contributed by atoms with E-state index in [9.17, 15) is 10.1 Å². The molecule has 0 heterocycles. The molecule has 0 unspecified atom stereocenters. The maximum absolute atomic E-state index is 10.4. The van der Waals surface area contributed by atoms with Gasteiger partial charge in [-0.3, -0.25) is 10.1 Å². The number of rotatable bonds is 4. The largest absolute Gasteiger partial charge is 0.491 e. The Kier molecular flexibility index (Phi) is 3.41. The quantitative estimate of drug-likeness (QED) is 0.582. The van der Waals surface area contributed by atoms with E-state index < -0.39 is 4.92 Å². The standard InChI is InChI=1S/C9H11NO4/c1-7-6-8(10(12)13)2-3-9(7)14-5-4-11/h2-3,6,11H,4-5H2,1H3. The number of aliphatic hydroxyl groups is 1. The summed E-state index contributed by atoms with van der Waals surface area (Å²) in [5, 5.41) is 18.9. The second-order valence-electron chi connectivity index (χ2n) is 2.78. The number of hydrogen-bond acceptors (Lipinski definition) is 4. The molecule has 1 rings (SSSR count). The highest BCUT2D eigenvalue weighted by molar-refractivity contribution is 5.42. The Morgan fingerprint density at radius 3 is 2.79 bits per heavy atom. The van der Waals surface area contributed by atoms with Crippen molar-refractivity contribution in [2.24, 2.45) is 0 Å². The van der Waals surface area contributed by atoms with Crippen molar-refractivity contribution in [3.8, 4) is 5.75 Å². The first kappa shape index (κ1) is 10.5. The molecule has 0 atom stereocenters. The minimum absolute atomic E-state index is 0.0406. The van der Waals surface area contributed by atoms with Gasteiger partial charge in [0.2, 0.25) is 0 Å². The van der Waals surface area contributed by atoms with Gasteiger partial charge in [0.15, 0.2) is 0 Å². The molecule has 76 valence electrons. The van der Waals surface area contributed by atoms with Gasteiger partial charge in [-0.1, -0.05) is 0 Å². The van der Waals surface area contributed by atoms with Crippen LogP contribution in [0.3, 0.4) is 0 Å². The molecule has 0 aliphatic heterocycles. The van der Waals surface area contributed by atoms with Crippen LogP contribution in [0.1, 0.15) is 5.56 Å². The van der Waals surface area contributed by atoms with Crippen LogP contribution in [-0.2, 0) is 0 Å². The van der Waals surface area contributed by atoms with Gasteiger partial charge in [-0.2, -0.15) is 0 Å². The molecule has 1 aromatic carbocycles. The molecule has 0 saturated carbocycles. The van der Waals surface area contributed by atoms with E-state index in [0.29, 0.717) is 11.3 Å². The van der Waals surface area contributed by atoms with Gasteiger partial charge < -0.3 is 9.84 Å². The summed E-state index contributed by atoms with van der Waals surface area (Å²) in [6, 6.07) is 4.34. The maximum Gasteiger partial charge on any atom is 0.269 e. The fourth-order valence-corrected chi connectivity index (χ4v) is 1.06. The predicted octanol–water partition coefficient (Wildman–Crippen LogP) is 1.27. The monoisotopic (exact) mass is 197 g/mol. The molecule has 0 amide bonds. The summed E-state index contributed by atoms with van der Waals surface area (Å²) in [5.41, 5.74) is 0.728. The van der Waals surface area contributed by atoms with Crippen molar-refractivity contribution in [2.45, 2.75) is 6.92 Å². The normalized spacial score (nSPS) is 9.86. The van der Waals surface area contributed by atoms with E-state index >= 15 is 0 Å². The van der Waals surface area contributed by atoms with E-state index in [4.69, 9.17) is 9.84 Å². The van der Waals surface area contributed by atoms with Crippen molar-refractivity contribution < 1.29 is 14.8 Å². The second kappa shape index (κ2) is 4.57. The first-order valence-corrected chi connectivity index (χ1v) is 4.14. The van der Waals surface area contributed by atoms with Crippen LogP contribution in [0.2, 0.25) is 0 Å². The highest BCUT2D eigenvalue weighted by Crippen LogP contribution is 2.22. The molecule has 14 heavy (non-hydrogen) atoms. The Hall–Kier alpha value is -1.62. The van der Waals surface area contributed by atoms with Crippen LogP contribution < -0.4 is 4.74 Å². The predicted molar refractivity (Wildman–Crippen MR) is 50.4 cm³/mol. The van der Waals surface area contributed by atoms with Gasteiger partial charge in [-0.25, -0.2) is 0 Å². The smallest absolute Gasteiger partial charge is 0.269 e. The number of benzene rings is 1. The van der Waals surface area contributed by atoms with Gasteiger partial charge in [-0.15, -0.1) is 0 Å². The molecule has 0 saturated heterocycles. The third-order valence-corrected chi connectivity index (χ3v) is 1.72. The summed E-state index contributed by atoms with van der Waals surface area (Å²) < 4.78 is 5.15. The molecule has 0 aliphatic carbocycles. The lowest BCUT2D eigenvalue weighted by Crippen LogP contribution is -2.03. The van der Waals surface area contributed by atoms with Gasteiger partial charge in [-0.05, 0) is 18.6 Å². The summed E-state index contributed by atoms with van der Waals surface area (Å²) in [7, 11) is 0. The van der Waals surface area contributed by atoms with Crippen LogP contribution >= 0.6 is 0 Å². The van der Waals surface area contributed by atoms with Gasteiger partial charge >= 0.3 is 0 Å². The number of nitro groups is 1. The molecule has 0 fully saturated rings. The number of hydrogen-bond donors (Lipinski definition) is 1. The third-order valence-electron chi connectivity index (χ3n) is 1.72. The first-order chi connectivity index (χ1) is 6.65. The SMILES string of the molecule is Cc1cc([N+](=O)[O-])ccc1OCCO. The molecule has 1 N–H and O–H groups in total. The number of ether oxygens (including phenoxy) is 1. The van der Waals surface area contributed by atoms with Crippen molar-refractivity contribution in [3.63, 3.8) is 0 Å². The van der Waals surface area contributed by atoms with Crippen LogP contribution in [0.5, 0.6) is 5.75 Å². The van der Waals surface area contributed by atoms with Crippen molar-refractivity contribution in [1.82, 2.24) is 0 Å². The van der Waals surface area contributed by atoms with Crippen LogP contribution in [-0.4, -0.2) is 23.2 Å². The van der Waals surface area contributed by atoms with Gasteiger partial charge in [0, 0.05) is 12.1 Å². The van der Waals surface area contributed by atoms with Gasteiger partial charge in [0.1, 0.15) is 12.4 Å². The van der Waals surface area contributed by atoms with Crippen molar-refractivity contribution in [1.29, 1.82) is 0 Å². The minimum Gasteiger partial charge on any atom is -0.491 e. The Balaban J connectivity index is 2.84. The highest BCUT2D eigenvalue weighted by atomic mass is 16.6. The highest BCUT2D eigenvalue weighted by Gasteiger charge is 2.08. The number of nitrogens with zero attached hydrogens (tertiary/aromatic N) is 1. The van der Waals surface area contributed by atoms with Gasteiger partial charge in [0.05, 0.1) is 11.5 Å². The Bertz CT molecular complexity index is 338. The average molecular weight is 197 g/mol. The van der Waals surface area contributed by atoms with Crippen LogP contribution in [0.15, 0.2) is 18.2 Å². The zero-order valence-corrected chi connectivity index (χ0v) is 7.77. The molecular formula is C9H11NO4. The number of aliphatic hydroxyl groups excluding tert-OH is 1. The molecule has 0 radical (unpaired) electrons. The topological polar surface area (TPSA) is 72.6 Å². The van der Waals surface area contributed by atoms with Crippen LogP contribution in [0.25, 0.3) is 0 Å². The van der Waals surface area contributed by atoms with Crippen LogP contribution in [0.4, 0.5) is 5.69 Å². The second-order valence-corrected chi connectivity index (χ2v) is 2.78. The fourth-order valence-electron chi connectivity index (χ4n) is 1.06. The number of non-ortho nitro benzene ring substituents is 1. The van der Waals surface area contributed by atoms with E-state index in [1.807, 2.05) is 0 Å². The summed E-state index contributed by atoms with van der Waals surface area (Å²) >= 11 is 0. The molecule has 5 nitrogen and oxygen atoms in total. The Morgan fingerprint density at radius 2 is 2.29 bits per heavy atom. The lowest BCUT2D eigenvalue weighted by molar-refractivity contribution is -0.384. The zero-order valence-electron chi connectivity index (χ0n) is 7.77. The summed E-state index contributed by atoms with van der Waals surface area (Å²) in [4.78, 5) is 9.95. The van der Waals surface area contributed by atoms with Crippen molar-refractivity contribution in [3.05, 3.63) is 33.9 Å². The van der Waals surface area contributed by atoms with E-state index in [2.05, 4.69) is 0 Å². The Labute approximate surface area is 81.1 Å². The van der Waals surface area contributed by atoms with E-state index in [1.54, 1.807) is 6.92 Å². The molecule has 0 spiro atoms. The Morgan fingerprint density at radius 1 is 1.57 bits per heavy atom. The molecule has 0 bridgehead atoms. The zero-order chi connectivity index (χ0) is 10.6. The maximum atomic E-state index is 10.4. The van der Waals surface area contributed by atoms with Crippen molar-refractivity contribution >= 4 is 5.69 Å². The molecule has 5 heteroatoms. The minimum atomic E-state index is -0.456. The van der Waals surface area contributed by atoms with Crippen molar-refractivity contribution in [2.75, 3.05) is 13.2 Å². The molecular weight excluding hydrogens is 186 g/mol. The van der Waals surface area contributed by atoms with E-state index in [1.165, 1.54) is 18.2 Å². The van der Waals surface area contributed by atoms with Crippen LogP contribution in [0, 0.1) is 17.0 Å². The molecule has 0 aromatic heterocycles. The third kappa shape index (κ3) is 2.43. The summed E-state index contributed by atoms with van der Waals surface area (Å²) in [6.07, 6.45) is 0. The first-order valence-electron chi connectivity index (χ1n) is 4.14. The lowest BCUT2D eigenvalue weighted by Gasteiger charge is -2.06. The fraction of sp³-hybridized carbons (Fsp3) is 0.333. The molecule has 0 aliphatic rings.